The summed E-state index contributed by atoms with van der Waals surface area (Å²) >= 11 is 0. The second-order valence-corrected chi connectivity index (χ2v) is 3.45. The Morgan fingerprint density at radius 1 is 1.41 bits per heavy atom. The van der Waals surface area contributed by atoms with E-state index in [1.54, 1.807) is 6.07 Å². The Morgan fingerprint density at radius 2 is 2.00 bits per heavy atom. The molecule has 17 heavy (non-hydrogen) atoms. The number of alkyl halides is 3. The number of halogens is 3. The van der Waals surface area contributed by atoms with Gasteiger partial charge in [0.25, 0.3) is 0 Å². The van der Waals surface area contributed by atoms with Gasteiger partial charge in [0.15, 0.2) is 0 Å². The van der Waals surface area contributed by atoms with Crippen LogP contribution < -0.4 is 4.74 Å². The minimum atomic E-state index is -4.54. The van der Waals surface area contributed by atoms with Crippen LogP contribution in [0.25, 0.3) is 0 Å². The summed E-state index contributed by atoms with van der Waals surface area (Å²) in [6, 6.07) is 5.80. The molecule has 0 aliphatic carbocycles. The van der Waals surface area contributed by atoms with Crippen LogP contribution in [0.3, 0.4) is 0 Å². The van der Waals surface area contributed by atoms with E-state index in [1.165, 1.54) is 25.3 Å². The Morgan fingerprint density at radius 3 is 2.47 bits per heavy atom. The maximum absolute atomic E-state index is 12.3. The predicted octanol–water partition coefficient (Wildman–Crippen LogP) is 2.82. The molecule has 1 atom stereocenters. The first-order valence-corrected chi connectivity index (χ1v) is 4.77. The van der Waals surface area contributed by atoms with Crippen LogP contribution in [0.1, 0.15) is 17.9 Å². The van der Waals surface area contributed by atoms with Crippen LogP contribution in [0.15, 0.2) is 24.3 Å². The van der Waals surface area contributed by atoms with Crippen molar-refractivity contribution in [1.82, 2.24) is 0 Å². The first-order chi connectivity index (χ1) is 7.85. The van der Waals surface area contributed by atoms with E-state index in [0.29, 0.717) is 0 Å². The third-order valence-electron chi connectivity index (χ3n) is 2.25. The minimum Gasteiger partial charge on any atom is -0.496 e. The standard InChI is InChI=1S/C11H11F3O3/c1-17-9-5-3-2-4-7(9)8(10(15)16)6-11(12,13)14/h2-5,8H,6H2,1H3,(H,15,16)/t8-/m1/s1. The molecule has 0 aromatic heterocycles. The van der Waals surface area contributed by atoms with Gasteiger partial charge in [0.05, 0.1) is 19.4 Å². The van der Waals surface area contributed by atoms with Crippen LogP contribution in [0.5, 0.6) is 5.75 Å². The summed E-state index contributed by atoms with van der Waals surface area (Å²) in [5.74, 6) is -3.03. The van der Waals surface area contributed by atoms with E-state index in [2.05, 4.69) is 0 Å². The average molecular weight is 248 g/mol. The Hall–Kier alpha value is -1.72. The smallest absolute Gasteiger partial charge is 0.390 e. The fourth-order valence-corrected chi connectivity index (χ4v) is 1.52. The second-order valence-electron chi connectivity index (χ2n) is 3.45. The van der Waals surface area contributed by atoms with Gasteiger partial charge in [0.1, 0.15) is 5.75 Å². The molecule has 1 N–H and O–H groups in total. The molecule has 94 valence electrons. The molecule has 3 nitrogen and oxygen atoms in total. The van der Waals surface area contributed by atoms with E-state index in [0.717, 1.165) is 0 Å². The van der Waals surface area contributed by atoms with Crippen LogP contribution in [0.4, 0.5) is 13.2 Å². The predicted molar refractivity (Wildman–Crippen MR) is 54.0 cm³/mol. The van der Waals surface area contributed by atoms with Gasteiger partial charge in [0.2, 0.25) is 0 Å². The molecule has 1 rings (SSSR count). The van der Waals surface area contributed by atoms with Crippen molar-refractivity contribution in [2.24, 2.45) is 0 Å². The van der Waals surface area contributed by atoms with Crippen LogP contribution in [0, 0.1) is 0 Å². The molecule has 0 amide bonds. The van der Waals surface area contributed by atoms with E-state index < -0.39 is 24.5 Å². The SMILES string of the molecule is COc1ccccc1[C@@H](CC(F)(F)F)C(=O)O. The molecule has 6 heteroatoms. The molecule has 0 aliphatic rings. The van der Waals surface area contributed by atoms with Gasteiger partial charge in [-0.25, -0.2) is 0 Å². The Kier molecular flexibility index (Phi) is 3.98. The molecule has 0 saturated carbocycles. The fraction of sp³-hybridized carbons (Fsp3) is 0.364. The molecule has 1 aromatic carbocycles. The minimum absolute atomic E-state index is 0.0276. The number of carbonyl (C=O) groups is 1. The summed E-state index contributed by atoms with van der Waals surface area (Å²) in [7, 11) is 1.28. The first-order valence-electron chi connectivity index (χ1n) is 4.77. The van der Waals surface area contributed by atoms with Crippen LogP contribution in [0.2, 0.25) is 0 Å². The molecule has 0 spiro atoms. The number of rotatable bonds is 4. The number of hydrogen-bond donors (Lipinski definition) is 1. The number of carboxylic acid groups (broad SMARTS) is 1. The lowest BCUT2D eigenvalue weighted by atomic mass is 9.95. The van der Waals surface area contributed by atoms with Gasteiger partial charge >= 0.3 is 12.1 Å². The molecule has 0 heterocycles. The summed E-state index contributed by atoms with van der Waals surface area (Å²) in [5.41, 5.74) is 0.0276. The maximum atomic E-state index is 12.3. The lowest BCUT2D eigenvalue weighted by molar-refractivity contribution is -0.157. The van der Waals surface area contributed by atoms with Gasteiger partial charge in [-0.3, -0.25) is 4.79 Å². The number of benzene rings is 1. The topological polar surface area (TPSA) is 46.5 Å². The van der Waals surface area contributed by atoms with Gasteiger partial charge in [0, 0.05) is 5.56 Å². The molecule has 0 radical (unpaired) electrons. The highest BCUT2D eigenvalue weighted by atomic mass is 19.4. The van der Waals surface area contributed by atoms with Gasteiger partial charge in [-0.15, -0.1) is 0 Å². The normalized spacial score (nSPS) is 13.2. The van der Waals surface area contributed by atoms with Crippen LogP contribution in [-0.2, 0) is 4.79 Å². The fourth-order valence-electron chi connectivity index (χ4n) is 1.52. The third kappa shape index (κ3) is 3.65. The van der Waals surface area contributed by atoms with E-state index >= 15 is 0 Å². The third-order valence-corrected chi connectivity index (χ3v) is 2.25. The molecule has 0 fully saturated rings. The van der Waals surface area contributed by atoms with Crippen molar-refractivity contribution in [2.45, 2.75) is 18.5 Å². The Labute approximate surface area is 95.8 Å². The molecule has 0 saturated heterocycles. The zero-order valence-electron chi connectivity index (χ0n) is 8.99. The summed E-state index contributed by atoms with van der Waals surface area (Å²) < 4.78 is 41.7. The van der Waals surface area contributed by atoms with Crippen LogP contribution >= 0.6 is 0 Å². The van der Waals surface area contributed by atoms with Gasteiger partial charge in [-0.1, -0.05) is 18.2 Å². The maximum Gasteiger partial charge on any atom is 0.390 e. The van der Waals surface area contributed by atoms with Gasteiger partial charge < -0.3 is 9.84 Å². The zero-order chi connectivity index (χ0) is 13.1. The molecule has 1 aromatic rings. The summed E-state index contributed by atoms with van der Waals surface area (Å²) in [6.45, 7) is 0. The number of carboxylic acids is 1. The van der Waals surface area contributed by atoms with Crippen molar-refractivity contribution >= 4 is 5.97 Å². The monoisotopic (exact) mass is 248 g/mol. The number of aliphatic carboxylic acids is 1. The number of ether oxygens (including phenoxy) is 1. The van der Waals surface area contributed by atoms with E-state index in [-0.39, 0.29) is 11.3 Å². The van der Waals surface area contributed by atoms with E-state index in [4.69, 9.17) is 9.84 Å². The van der Waals surface area contributed by atoms with Gasteiger partial charge in [-0.2, -0.15) is 13.2 Å². The number of methoxy groups -OCH3 is 1. The number of para-hydroxylation sites is 1. The quantitative estimate of drug-likeness (QED) is 0.891. The Bertz CT molecular complexity index is 401. The summed E-state index contributed by atoms with van der Waals surface area (Å²) in [4.78, 5) is 10.9. The highest BCUT2D eigenvalue weighted by molar-refractivity contribution is 5.77. The number of hydrogen-bond acceptors (Lipinski definition) is 2. The molecule has 0 bridgehead atoms. The molecular weight excluding hydrogens is 237 g/mol. The molecular formula is C11H11F3O3. The van der Waals surface area contributed by atoms with Crippen LogP contribution in [-0.4, -0.2) is 24.4 Å². The summed E-state index contributed by atoms with van der Waals surface area (Å²) in [6.07, 6.45) is -5.95. The largest absolute Gasteiger partial charge is 0.496 e. The van der Waals surface area contributed by atoms with Gasteiger partial charge in [-0.05, 0) is 6.07 Å². The van der Waals surface area contributed by atoms with Crippen molar-refractivity contribution in [2.75, 3.05) is 7.11 Å². The lowest BCUT2D eigenvalue weighted by Crippen LogP contribution is -2.21. The van der Waals surface area contributed by atoms with E-state index in [9.17, 15) is 18.0 Å². The highest BCUT2D eigenvalue weighted by Crippen LogP contribution is 2.35. The molecule has 0 unspecified atom stereocenters. The van der Waals surface area contributed by atoms with Crippen molar-refractivity contribution in [3.8, 4) is 5.75 Å². The molecule has 0 aliphatic heterocycles. The highest BCUT2D eigenvalue weighted by Gasteiger charge is 2.37. The van der Waals surface area contributed by atoms with E-state index in [1.807, 2.05) is 0 Å². The Balaban J connectivity index is 3.10. The zero-order valence-corrected chi connectivity index (χ0v) is 8.99. The van der Waals surface area contributed by atoms with Crippen molar-refractivity contribution in [3.63, 3.8) is 0 Å². The second kappa shape index (κ2) is 5.07. The van der Waals surface area contributed by atoms with Crippen molar-refractivity contribution in [1.29, 1.82) is 0 Å². The first kappa shape index (κ1) is 13.3. The lowest BCUT2D eigenvalue weighted by Gasteiger charge is -2.17. The summed E-state index contributed by atoms with van der Waals surface area (Å²) in [5, 5.41) is 8.85. The van der Waals surface area contributed by atoms with Crippen molar-refractivity contribution < 1.29 is 27.8 Å². The average Bonchev–Trinajstić information content (AvgIpc) is 2.24. The van der Waals surface area contributed by atoms with Crippen molar-refractivity contribution in [3.05, 3.63) is 29.8 Å².